The zero-order valence-electron chi connectivity index (χ0n) is 13.1. The lowest BCUT2D eigenvalue weighted by molar-refractivity contribution is -0.132. The van der Waals surface area contributed by atoms with Crippen LogP contribution in [0.2, 0.25) is 0 Å². The van der Waals surface area contributed by atoms with E-state index in [1.807, 2.05) is 14.1 Å². The molecule has 1 saturated carbocycles. The van der Waals surface area contributed by atoms with E-state index in [1.54, 1.807) is 4.90 Å². The van der Waals surface area contributed by atoms with Crippen molar-refractivity contribution in [3.63, 3.8) is 0 Å². The number of rotatable bonds is 6. The Hall–Kier alpha value is -0.610. The second-order valence-electron chi connectivity index (χ2n) is 6.32. The van der Waals surface area contributed by atoms with Crippen LogP contribution in [0.4, 0.5) is 0 Å². The quantitative estimate of drug-likeness (QED) is 0.798. The summed E-state index contributed by atoms with van der Waals surface area (Å²) in [6.07, 6.45) is 5.79. The van der Waals surface area contributed by atoms with Gasteiger partial charge >= 0.3 is 0 Å². The highest BCUT2D eigenvalue weighted by Crippen LogP contribution is 2.35. The van der Waals surface area contributed by atoms with Gasteiger partial charge in [-0.25, -0.2) is 0 Å². The highest BCUT2D eigenvalue weighted by atomic mass is 16.2. The molecule has 1 fully saturated rings. The first-order valence-electron chi connectivity index (χ1n) is 7.60. The van der Waals surface area contributed by atoms with Gasteiger partial charge in [0.15, 0.2) is 0 Å². The van der Waals surface area contributed by atoms with Gasteiger partial charge in [-0.15, -0.1) is 0 Å². The van der Waals surface area contributed by atoms with Crippen LogP contribution in [0.5, 0.6) is 0 Å². The fourth-order valence-electron chi connectivity index (χ4n) is 3.01. The predicted octanol–water partition coefficient (Wildman–Crippen LogP) is 1.69. The van der Waals surface area contributed by atoms with Crippen molar-refractivity contribution in [2.24, 2.45) is 11.7 Å². The Kier molecular flexibility index (Phi) is 6.27. The minimum Gasteiger partial charge on any atom is -0.348 e. The topological polar surface area (TPSA) is 49.6 Å². The number of hydrogen-bond acceptors (Lipinski definition) is 3. The first-order valence-corrected chi connectivity index (χ1v) is 7.60. The van der Waals surface area contributed by atoms with Crippen LogP contribution in [-0.2, 0) is 4.79 Å². The molecule has 4 nitrogen and oxygen atoms in total. The van der Waals surface area contributed by atoms with Crippen molar-refractivity contribution in [2.75, 3.05) is 33.7 Å². The van der Waals surface area contributed by atoms with Crippen LogP contribution in [0.3, 0.4) is 0 Å². The Morgan fingerprint density at radius 3 is 2.32 bits per heavy atom. The van der Waals surface area contributed by atoms with E-state index in [4.69, 9.17) is 5.73 Å². The van der Waals surface area contributed by atoms with E-state index in [2.05, 4.69) is 18.7 Å². The summed E-state index contributed by atoms with van der Waals surface area (Å²) in [4.78, 5) is 16.1. The van der Waals surface area contributed by atoms with Crippen molar-refractivity contribution in [3.05, 3.63) is 0 Å². The molecule has 0 unspecified atom stereocenters. The van der Waals surface area contributed by atoms with Crippen LogP contribution in [0.1, 0.15) is 46.0 Å². The molecule has 0 saturated heterocycles. The maximum atomic E-state index is 12.0. The van der Waals surface area contributed by atoms with Gasteiger partial charge in [-0.3, -0.25) is 9.69 Å². The number of amides is 1. The lowest BCUT2D eigenvalue weighted by Gasteiger charge is -2.47. The molecule has 1 rings (SSSR count). The van der Waals surface area contributed by atoms with Gasteiger partial charge in [0.05, 0.1) is 6.54 Å². The van der Waals surface area contributed by atoms with E-state index in [9.17, 15) is 4.79 Å². The van der Waals surface area contributed by atoms with Gasteiger partial charge in [0.1, 0.15) is 0 Å². The van der Waals surface area contributed by atoms with Crippen LogP contribution in [0.15, 0.2) is 0 Å². The molecule has 1 aliphatic rings. The second kappa shape index (κ2) is 7.25. The Morgan fingerprint density at radius 2 is 1.89 bits per heavy atom. The summed E-state index contributed by atoms with van der Waals surface area (Å²) in [5, 5.41) is 0. The number of likely N-dealkylation sites (N-methyl/N-ethyl adjacent to an activating group) is 1. The lowest BCUT2D eigenvalue weighted by atomic mass is 9.76. The monoisotopic (exact) mass is 269 g/mol. The smallest absolute Gasteiger partial charge is 0.236 e. The molecule has 0 bridgehead atoms. The molecule has 0 aromatic carbocycles. The van der Waals surface area contributed by atoms with Crippen molar-refractivity contribution >= 4 is 5.91 Å². The van der Waals surface area contributed by atoms with Gasteiger partial charge < -0.3 is 10.6 Å². The molecular weight excluding hydrogens is 238 g/mol. The SMILES string of the molecule is CCCN(CC(=O)N(C)C)C1(CN)CCC(C)CC1. The third-order valence-corrected chi connectivity index (χ3v) is 4.57. The number of nitrogens with zero attached hydrogens (tertiary/aromatic N) is 2. The first kappa shape index (κ1) is 16.4. The van der Waals surface area contributed by atoms with Crippen molar-refractivity contribution < 1.29 is 4.79 Å². The fourth-order valence-corrected chi connectivity index (χ4v) is 3.01. The zero-order chi connectivity index (χ0) is 14.5. The Bertz CT molecular complexity index is 283. The van der Waals surface area contributed by atoms with Crippen LogP contribution in [-0.4, -0.2) is 55.0 Å². The average molecular weight is 269 g/mol. The van der Waals surface area contributed by atoms with E-state index in [0.717, 1.165) is 31.7 Å². The largest absolute Gasteiger partial charge is 0.348 e. The van der Waals surface area contributed by atoms with E-state index < -0.39 is 0 Å². The molecule has 0 aromatic heterocycles. The van der Waals surface area contributed by atoms with Gasteiger partial charge in [-0.2, -0.15) is 0 Å². The molecule has 4 heteroatoms. The summed E-state index contributed by atoms with van der Waals surface area (Å²) in [7, 11) is 3.65. The van der Waals surface area contributed by atoms with E-state index in [1.165, 1.54) is 12.8 Å². The van der Waals surface area contributed by atoms with Crippen molar-refractivity contribution in [2.45, 2.75) is 51.5 Å². The van der Waals surface area contributed by atoms with E-state index in [0.29, 0.717) is 13.1 Å². The summed E-state index contributed by atoms with van der Waals surface area (Å²) < 4.78 is 0. The molecule has 0 radical (unpaired) electrons. The van der Waals surface area contributed by atoms with Gasteiger partial charge in [0, 0.05) is 26.2 Å². The van der Waals surface area contributed by atoms with Gasteiger partial charge in [-0.05, 0) is 44.6 Å². The highest BCUT2D eigenvalue weighted by molar-refractivity contribution is 5.77. The maximum Gasteiger partial charge on any atom is 0.236 e. The zero-order valence-corrected chi connectivity index (χ0v) is 13.1. The molecular formula is C15H31N3O. The molecule has 0 aliphatic heterocycles. The number of carbonyl (C=O) groups excluding carboxylic acids is 1. The van der Waals surface area contributed by atoms with Gasteiger partial charge in [0.25, 0.3) is 0 Å². The summed E-state index contributed by atoms with van der Waals surface area (Å²) in [5.74, 6) is 0.979. The highest BCUT2D eigenvalue weighted by Gasteiger charge is 2.38. The van der Waals surface area contributed by atoms with Gasteiger partial charge in [-0.1, -0.05) is 13.8 Å². The third kappa shape index (κ3) is 4.18. The Balaban J connectivity index is 2.79. The molecule has 112 valence electrons. The number of hydrogen-bond donors (Lipinski definition) is 1. The summed E-state index contributed by atoms with van der Waals surface area (Å²) in [6, 6.07) is 0. The van der Waals surface area contributed by atoms with Crippen LogP contribution in [0.25, 0.3) is 0 Å². The first-order chi connectivity index (χ1) is 8.95. The average Bonchev–Trinajstić information content (AvgIpc) is 2.39. The normalized spacial score (nSPS) is 27.6. The molecule has 0 heterocycles. The Labute approximate surface area is 118 Å². The Morgan fingerprint density at radius 1 is 1.32 bits per heavy atom. The van der Waals surface area contributed by atoms with Gasteiger partial charge in [0.2, 0.25) is 5.91 Å². The molecule has 0 aromatic rings. The summed E-state index contributed by atoms with van der Waals surface area (Å²) in [6.45, 7) is 6.62. The maximum absolute atomic E-state index is 12.0. The second-order valence-corrected chi connectivity index (χ2v) is 6.32. The predicted molar refractivity (Wildman–Crippen MR) is 80.0 cm³/mol. The lowest BCUT2D eigenvalue weighted by Crippen LogP contribution is -2.58. The summed E-state index contributed by atoms with van der Waals surface area (Å²) >= 11 is 0. The molecule has 1 amide bonds. The number of carbonyl (C=O) groups is 1. The van der Waals surface area contributed by atoms with Crippen molar-refractivity contribution in [1.82, 2.24) is 9.80 Å². The fraction of sp³-hybridized carbons (Fsp3) is 0.933. The number of nitrogens with two attached hydrogens (primary N) is 1. The minimum absolute atomic E-state index is 0.0498. The van der Waals surface area contributed by atoms with Crippen LogP contribution in [0, 0.1) is 5.92 Å². The molecule has 2 N–H and O–H groups in total. The summed E-state index contributed by atoms with van der Waals surface area (Å²) in [5.41, 5.74) is 6.15. The van der Waals surface area contributed by atoms with Crippen molar-refractivity contribution in [1.29, 1.82) is 0 Å². The van der Waals surface area contributed by atoms with E-state index >= 15 is 0 Å². The molecule has 19 heavy (non-hydrogen) atoms. The minimum atomic E-state index is 0.0498. The molecule has 0 atom stereocenters. The molecule has 1 aliphatic carbocycles. The standard InChI is InChI=1S/C15H31N3O/c1-5-10-18(11-14(19)17(3)4)15(12-16)8-6-13(2)7-9-15/h13H,5-12,16H2,1-4H3. The van der Waals surface area contributed by atoms with Crippen LogP contribution < -0.4 is 5.73 Å². The third-order valence-electron chi connectivity index (χ3n) is 4.57. The molecule has 0 spiro atoms. The van der Waals surface area contributed by atoms with Crippen LogP contribution >= 0.6 is 0 Å². The van der Waals surface area contributed by atoms with E-state index in [-0.39, 0.29) is 11.4 Å². The van der Waals surface area contributed by atoms with Crippen molar-refractivity contribution in [3.8, 4) is 0 Å².